The quantitative estimate of drug-likeness (QED) is 0.289. The zero-order valence-electron chi connectivity index (χ0n) is 16.2. The molecule has 5 rings (SSSR count). The van der Waals surface area contributed by atoms with Gasteiger partial charge in [0.15, 0.2) is 0 Å². The first kappa shape index (κ1) is 20.4. The van der Waals surface area contributed by atoms with Crippen molar-refractivity contribution in [2.45, 2.75) is 9.79 Å². The van der Waals surface area contributed by atoms with E-state index in [1.165, 1.54) is 36.4 Å². The Morgan fingerprint density at radius 2 is 1.72 bits per heavy atom. The monoisotopic (exact) mass is 466 g/mol. The Labute approximate surface area is 190 Å². The lowest BCUT2D eigenvalue weighted by Crippen LogP contribution is -1.95. The van der Waals surface area contributed by atoms with Crippen LogP contribution >= 0.6 is 23.4 Å². The van der Waals surface area contributed by atoms with Crippen LogP contribution in [0.5, 0.6) is 0 Å². The number of rotatable bonds is 5. The smallest absolute Gasteiger partial charge is 0.247 e. The number of nitrogens with zero attached hydrogens (tertiary/aromatic N) is 4. The van der Waals surface area contributed by atoms with Crippen LogP contribution in [0, 0.1) is 11.6 Å². The highest BCUT2D eigenvalue weighted by atomic mass is 35.5. The van der Waals surface area contributed by atoms with Gasteiger partial charge in [0.2, 0.25) is 12.3 Å². The topological polar surface area (TPSA) is 56.7 Å². The summed E-state index contributed by atoms with van der Waals surface area (Å²) in [7, 11) is 0. The van der Waals surface area contributed by atoms with E-state index in [9.17, 15) is 4.39 Å². The molecular formula is C23H13ClF2N4OS. The molecule has 0 saturated heterocycles. The molecular weight excluding hydrogens is 454 g/mol. The Morgan fingerprint density at radius 1 is 0.938 bits per heavy atom. The number of halogens is 3. The van der Waals surface area contributed by atoms with E-state index < -0.39 is 5.82 Å². The molecule has 5 aromatic rings. The molecule has 5 nitrogen and oxygen atoms in total. The van der Waals surface area contributed by atoms with Gasteiger partial charge in [0, 0.05) is 27.2 Å². The summed E-state index contributed by atoms with van der Waals surface area (Å²) < 4.78 is 35.3. The number of hydrogen-bond donors (Lipinski definition) is 0. The Bertz CT molecular complexity index is 1370. The van der Waals surface area contributed by atoms with Crippen LogP contribution in [0.15, 0.2) is 93.5 Å². The second-order valence-electron chi connectivity index (χ2n) is 6.76. The van der Waals surface area contributed by atoms with Crippen molar-refractivity contribution in [2.24, 2.45) is 0 Å². The van der Waals surface area contributed by atoms with Gasteiger partial charge >= 0.3 is 0 Å². The molecule has 0 radical (unpaired) electrons. The van der Waals surface area contributed by atoms with Crippen LogP contribution in [0.1, 0.15) is 0 Å². The lowest BCUT2D eigenvalue weighted by Gasteiger charge is -2.05. The standard InChI is InChI=1S/C23H13ClF2N4OS/c24-15-2-8-18(9-3-15)32-21-12-30(17-6-4-16(25)5-7-17)29-22(21)19-10-1-14(11-20(19)26)23-28-27-13-31-23/h1-13H. The van der Waals surface area contributed by atoms with E-state index in [-0.39, 0.29) is 11.7 Å². The van der Waals surface area contributed by atoms with Crippen LogP contribution in [-0.2, 0) is 0 Å². The van der Waals surface area contributed by atoms with Crippen molar-refractivity contribution >= 4 is 23.4 Å². The predicted octanol–water partition coefficient (Wildman–Crippen LogP) is 6.67. The summed E-state index contributed by atoms with van der Waals surface area (Å²) in [6.45, 7) is 0. The van der Waals surface area contributed by atoms with Gasteiger partial charge in [-0.05, 0) is 66.7 Å². The molecule has 0 N–H and O–H groups in total. The van der Waals surface area contributed by atoms with E-state index in [1.54, 1.807) is 47.3 Å². The van der Waals surface area contributed by atoms with Gasteiger partial charge in [-0.1, -0.05) is 23.4 Å². The Balaban J connectivity index is 1.59. The summed E-state index contributed by atoms with van der Waals surface area (Å²) in [5.41, 5.74) is 1.88. The summed E-state index contributed by atoms with van der Waals surface area (Å²) in [6, 6.07) is 17.9. The van der Waals surface area contributed by atoms with Crippen LogP contribution in [0.3, 0.4) is 0 Å². The fraction of sp³-hybridized carbons (Fsp3) is 0. The van der Waals surface area contributed by atoms with Gasteiger partial charge in [-0.15, -0.1) is 10.2 Å². The zero-order chi connectivity index (χ0) is 22.1. The summed E-state index contributed by atoms with van der Waals surface area (Å²) in [4.78, 5) is 1.64. The van der Waals surface area contributed by atoms with Gasteiger partial charge in [-0.3, -0.25) is 0 Å². The van der Waals surface area contributed by atoms with E-state index >= 15 is 4.39 Å². The minimum atomic E-state index is -0.483. The molecule has 0 fully saturated rings. The summed E-state index contributed by atoms with van der Waals surface area (Å²) in [5.74, 6) is -0.606. The minimum absolute atomic E-state index is 0.225. The van der Waals surface area contributed by atoms with E-state index in [0.717, 1.165) is 9.79 Å². The van der Waals surface area contributed by atoms with Crippen molar-refractivity contribution < 1.29 is 13.2 Å². The van der Waals surface area contributed by atoms with Crippen molar-refractivity contribution in [2.75, 3.05) is 0 Å². The van der Waals surface area contributed by atoms with Gasteiger partial charge < -0.3 is 4.42 Å². The van der Waals surface area contributed by atoms with Crippen molar-refractivity contribution in [1.29, 1.82) is 0 Å². The first-order valence-corrected chi connectivity index (χ1v) is 10.6. The van der Waals surface area contributed by atoms with Gasteiger partial charge in [0.25, 0.3) is 0 Å². The molecule has 2 aromatic heterocycles. The Morgan fingerprint density at radius 3 is 2.41 bits per heavy atom. The van der Waals surface area contributed by atoms with Gasteiger partial charge in [-0.2, -0.15) is 5.10 Å². The fourth-order valence-electron chi connectivity index (χ4n) is 3.11. The minimum Gasteiger partial charge on any atom is -0.423 e. The molecule has 0 atom stereocenters. The SMILES string of the molecule is Fc1ccc(-n2cc(Sc3ccc(Cl)cc3)c(-c3ccc(-c4nnco4)cc3F)n2)cc1. The zero-order valence-corrected chi connectivity index (χ0v) is 17.8. The average molecular weight is 467 g/mol. The fourth-order valence-corrected chi connectivity index (χ4v) is 4.17. The molecule has 9 heteroatoms. The molecule has 0 amide bonds. The number of benzene rings is 3. The normalized spacial score (nSPS) is 11.1. The third kappa shape index (κ3) is 4.15. The number of aromatic nitrogens is 4. The van der Waals surface area contributed by atoms with E-state index in [0.29, 0.717) is 27.5 Å². The summed E-state index contributed by atoms with van der Waals surface area (Å²) >= 11 is 7.42. The maximum atomic E-state index is 15.1. The lowest BCUT2D eigenvalue weighted by atomic mass is 10.1. The van der Waals surface area contributed by atoms with E-state index in [4.69, 9.17) is 16.0 Å². The highest BCUT2D eigenvalue weighted by molar-refractivity contribution is 7.99. The largest absolute Gasteiger partial charge is 0.423 e. The third-order valence-corrected chi connectivity index (χ3v) is 5.92. The predicted molar refractivity (Wildman–Crippen MR) is 118 cm³/mol. The Kier molecular flexibility index (Phi) is 5.46. The van der Waals surface area contributed by atoms with E-state index in [1.807, 2.05) is 12.1 Å². The molecule has 3 aromatic carbocycles. The first-order chi connectivity index (χ1) is 15.6. The van der Waals surface area contributed by atoms with Crippen LogP contribution in [0.25, 0.3) is 28.4 Å². The second-order valence-corrected chi connectivity index (χ2v) is 8.31. The van der Waals surface area contributed by atoms with Gasteiger partial charge in [0.1, 0.15) is 17.3 Å². The molecule has 0 spiro atoms. The van der Waals surface area contributed by atoms with Crippen LogP contribution in [0.2, 0.25) is 5.02 Å². The average Bonchev–Trinajstić information content (AvgIpc) is 3.47. The maximum Gasteiger partial charge on any atom is 0.247 e. The van der Waals surface area contributed by atoms with Crippen LogP contribution in [0.4, 0.5) is 8.78 Å². The van der Waals surface area contributed by atoms with E-state index in [2.05, 4.69) is 15.3 Å². The molecule has 158 valence electrons. The highest BCUT2D eigenvalue weighted by Crippen LogP contribution is 2.38. The summed E-state index contributed by atoms with van der Waals surface area (Å²) in [5, 5.41) is 12.7. The van der Waals surface area contributed by atoms with Crippen molar-refractivity contribution in [3.63, 3.8) is 0 Å². The summed E-state index contributed by atoms with van der Waals surface area (Å²) in [6.07, 6.45) is 2.97. The number of hydrogen-bond acceptors (Lipinski definition) is 5. The van der Waals surface area contributed by atoms with Gasteiger partial charge in [0.05, 0.1) is 10.6 Å². The molecule has 0 aliphatic rings. The van der Waals surface area contributed by atoms with Crippen molar-refractivity contribution in [1.82, 2.24) is 20.0 Å². The first-order valence-electron chi connectivity index (χ1n) is 9.42. The van der Waals surface area contributed by atoms with Crippen LogP contribution in [-0.4, -0.2) is 20.0 Å². The molecule has 0 aliphatic heterocycles. The highest BCUT2D eigenvalue weighted by Gasteiger charge is 2.18. The van der Waals surface area contributed by atoms with Crippen LogP contribution < -0.4 is 0 Å². The van der Waals surface area contributed by atoms with Gasteiger partial charge in [-0.25, -0.2) is 13.5 Å². The molecule has 32 heavy (non-hydrogen) atoms. The Hall–Kier alpha value is -3.49. The molecule has 0 saturated carbocycles. The second kappa shape index (κ2) is 8.57. The maximum absolute atomic E-state index is 15.1. The molecule has 0 bridgehead atoms. The third-order valence-electron chi connectivity index (χ3n) is 4.64. The van der Waals surface area contributed by atoms with Crippen molar-refractivity contribution in [3.05, 3.63) is 96.0 Å². The molecule has 0 unspecified atom stereocenters. The van der Waals surface area contributed by atoms with Crippen molar-refractivity contribution in [3.8, 4) is 28.4 Å². The lowest BCUT2D eigenvalue weighted by molar-refractivity contribution is 0.567. The molecule has 0 aliphatic carbocycles. The molecule has 2 heterocycles.